The molecule has 9 nitrogen and oxygen atoms in total. The van der Waals surface area contributed by atoms with Crippen LogP contribution >= 0.6 is 11.6 Å². The lowest BCUT2D eigenvalue weighted by Gasteiger charge is -2.32. The van der Waals surface area contributed by atoms with E-state index in [4.69, 9.17) is 31.0 Å². The van der Waals surface area contributed by atoms with E-state index in [1.807, 2.05) is 16.7 Å². The molecule has 2 aromatic heterocycles. The highest BCUT2D eigenvalue weighted by Crippen LogP contribution is 2.33. The van der Waals surface area contributed by atoms with Crippen LogP contribution in [0.15, 0.2) is 48.5 Å². The first-order chi connectivity index (χ1) is 19.9. The zero-order valence-corrected chi connectivity index (χ0v) is 23.1. The van der Waals surface area contributed by atoms with E-state index in [1.54, 1.807) is 24.3 Å². The number of fused-ring (bicyclic) bond motifs is 1. The minimum Gasteiger partial charge on any atom is -0.505 e. The van der Waals surface area contributed by atoms with Crippen molar-refractivity contribution in [3.05, 3.63) is 82.0 Å². The zero-order chi connectivity index (χ0) is 28.5. The van der Waals surface area contributed by atoms with E-state index in [1.165, 1.54) is 12.1 Å². The van der Waals surface area contributed by atoms with E-state index >= 15 is 0 Å². The number of aromatic carboxylic acids is 1. The van der Waals surface area contributed by atoms with Gasteiger partial charge in [-0.25, -0.2) is 19.2 Å². The van der Waals surface area contributed by atoms with Crippen molar-refractivity contribution in [3.63, 3.8) is 0 Å². The maximum atomic E-state index is 14.1. The fourth-order valence-electron chi connectivity index (χ4n) is 5.47. The first kappa shape index (κ1) is 27.4. The SMILES string of the molecule is O=C(O)c1ccc2c(nc(CN3CCC(c4cccc(OCc5ccc(Cl)cc5F)n4)CC3)n2CC2CCO2)c1O. The van der Waals surface area contributed by atoms with Crippen LogP contribution in [0.3, 0.4) is 0 Å². The van der Waals surface area contributed by atoms with Crippen LogP contribution in [0.5, 0.6) is 11.6 Å². The summed E-state index contributed by atoms with van der Waals surface area (Å²) in [6.45, 7) is 3.61. The van der Waals surface area contributed by atoms with Gasteiger partial charge in [0.15, 0.2) is 5.75 Å². The number of nitrogens with zero attached hydrogens (tertiary/aromatic N) is 4. The van der Waals surface area contributed by atoms with E-state index in [-0.39, 0.29) is 29.9 Å². The molecule has 1 atom stereocenters. The van der Waals surface area contributed by atoms with Gasteiger partial charge < -0.3 is 24.3 Å². The first-order valence-corrected chi connectivity index (χ1v) is 14.1. The summed E-state index contributed by atoms with van der Waals surface area (Å²) in [5.74, 6) is -0.430. The number of carboxylic acids is 1. The summed E-state index contributed by atoms with van der Waals surface area (Å²) in [5.41, 5.74) is 2.20. The molecule has 0 saturated carbocycles. The Bertz CT molecular complexity index is 1580. The number of halogens is 2. The predicted molar refractivity (Wildman–Crippen MR) is 150 cm³/mol. The van der Waals surface area contributed by atoms with Crippen LogP contribution in [0.25, 0.3) is 11.0 Å². The van der Waals surface area contributed by atoms with Gasteiger partial charge in [-0.2, -0.15) is 0 Å². The lowest BCUT2D eigenvalue weighted by molar-refractivity contribution is -0.0592. The third-order valence-corrected chi connectivity index (χ3v) is 8.12. The number of aromatic hydroxyl groups is 1. The van der Waals surface area contributed by atoms with Crippen molar-refractivity contribution in [1.82, 2.24) is 19.4 Å². The Kier molecular flexibility index (Phi) is 7.79. The van der Waals surface area contributed by atoms with Gasteiger partial charge in [0.2, 0.25) is 5.88 Å². The Morgan fingerprint density at radius 1 is 1.12 bits per heavy atom. The number of carboxylic acid groups (broad SMARTS) is 1. The molecule has 0 spiro atoms. The van der Waals surface area contributed by atoms with Gasteiger partial charge in [-0.1, -0.05) is 23.7 Å². The lowest BCUT2D eigenvalue weighted by atomic mass is 9.93. The van der Waals surface area contributed by atoms with E-state index < -0.39 is 11.8 Å². The molecule has 214 valence electrons. The molecule has 2 fully saturated rings. The highest BCUT2D eigenvalue weighted by molar-refractivity contribution is 6.30. The van der Waals surface area contributed by atoms with Crippen molar-refractivity contribution in [1.29, 1.82) is 0 Å². The second-order valence-corrected chi connectivity index (χ2v) is 11.0. The molecule has 2 aliphatic rings. The van der Waals surface area contributed by atoms with Crippen LogP contribution in [-0.4, -0.2) is 61.4 Å². The Morgan fingerprint density at radius 2 is 1.93 bits per heavy atom. The zero-order valence-electron chi connectivity index (χ0n) is 22.3. The molecular formula is C30H30ClFN4O5. The third-order valence-electron chi connectivity index (χ3n) is 7.89. The van der Waals surface area contributed by atoms with Crippen molar-refractivity contribution in [2.45, 2.75) is 51.0 Å². The van der Waals surface area contributed by atoms with Crippen LogP contribution in [-0.2, 0) is 24.4 Å². The Hall–Kier alpha value is -3.73. The van der Waals surface area contributed by atoms with E-state index in [9.17, 15) is 19.4 Å². The Morgan fingerprint density at radius 3 is 2.63 bits per heavy atom. The molecule has 0 bridgehead atoms. The standard InChI is InChI=1S/C30H30ClFN4O5/c31-20-5-4-19(23(32)14-20)17-41-27-3-1-2-24(33-27)18-8-11-35(12-9-18)16-26-34-28-25(36(26)15-21-10-13-40-21)7-6-22(29(28)37)30(38)39/h1-7,14,18,21,37H,8-13,15-17H2,(H,38,39). The van der Waals surface area contributed by atoms with Crippen molar-refractivity contribution in [2.24, 2.45) is 0 Å². The number of hydrogen-bond donors (Lipinski definition) is 2. The van der Waals surface area contributed by atoms with Crippen molar-refractivity contribution in [2.75, 3.05) is 19.7 Å². The number of aromatic nitrogens is 3. The van der Waals surface area contributed by atoms with E-state index in [0.29, 0.717) is 40.6 Å². The molecule has 6 rings (SSSR count). The predicted octanol–water partition coefficient (Wildman–Crippen LogP) is 5.38. The fourth-order valence-corrected chi connectivity index (χ4v) is 5.63. The normalized spacial score (nSPS) is 18.0. The van der Waals surface area contributed by atoms with Crippen LogP contribution in [0.4, 0.5) is 4.39 Å². The van der Waals surface area contributed by atoms with Gasteiger partial charge in [0.05, 0.1) is 24.7 Å². The highest BCUT2D eigenvalue weighted by atomic mass is 35.5. The highest BCUT2D eigenvalue weighted by Gasteiger charge is 2.27. The molecule has 2 aromatic carbocycles. The van der Waals surface area contributed by atoms with Crippen molar-refractivity contribution >= 4 is 28.6 Å². The van der Waals surface area contributed by atoms with Gasteiger partial charge in [0.1, 0.15) is 29.3 Å². The van der Waals surface area contributed by atoms with Gasteiger partial charge >= 0.3 is 5.97 Å². The Balaban J connectivity index is 1.12. The molecule has 41 heavy (non-hydrogen) atoms. The van der Waals surface area contributed by atoms with Gasteiger partial charge in [-0.15, -0.1) is 0 Å². The number of hydrogen-bond acceptors (Lipinski definition) is 7. The molecule has 2 saturated heterocycles. The van der Waals surface area contributed by atoms with Crippen LogP contribution in [0.1, 0.15) is 52.6 Å². The summed E-state index contributed by atoms with van der Waals surface area (Å²) >= 11 is 5.84. The number of imidazole rings is 1. The number of piperidine rings is 1. The summed E-state index contributed by atoms with van der Waals surface area (Å²) in [6.07, 6.45) is 2.81. The molecule has 2 N–H and O–H groups in total. The lowest BCUT2D eigenvalue weighted by Crippen LogP contribution is -2.35. The van der Waals surface area contributed by atoms with Gasteiger partial charge in [0, 0.05) is 34.9 Å². The number of phenols is 1. The van der Waals surface area contributed by atoms with Crippen molar-refractivity contribution < 1.29 is 28.9 Å². The second-order valence-electron chi connectivity index (χ2n) is 10.5. The minimum absolute atomic E-state index is 0.0638. The summed E-state index contributed by atoms with van der Waals surface area (Å²) in [5, 5.41) is 20.4. The second kappa shape index (κ2) is 11.6. The van der Waals surface area contributed by atoms with Crippen LogP contribution < -0.4 is 4.74 Å². The summed E-state index contributed by atoms with van der Waals surface area (Å²) in [4.78, 5) is 23.3. The average molecular weight is 581 g/mol. The van der Waals surface area contributed by atoms with Gasteiger partial charge in [0.25, 0.3) is 0 Å². The maximum absolute atomic E-state index is 14.1. The molecule has 4 heterocycles. The number of carbonyl (C=O) groups is 1. The van der Waals surface area contributed by atoms with E-state index in [2.05, 4.69) is 4.90 Å². The molecule has 0 radical (unpaired) electrons. The molecular weight excluding hydrogens is 551 g/mol. The van der Waals surface area contributed by atoms with Gasteiger partial charge in [-0.05, 0) is 62.7 Å². The molecule has 0 aliphatic carbocycles. The van der Waals surface area contributed by atoms with Gasteiger partial charge in [-0.3, -0.25) is 4.90 Å². The minimum atomic E-state index is -1.19. The molecule has 1 unspecified atom stereocenters. The average Bonchev–Trinajstić information content (AvgIpc) is 3.28. The largest absolute Gasteiger partial charge is 0.505 e. The molecule has 4 aromatic rings. The topological polar surface area (TPSA) is 110 Å². The molecule has 2 aliphatic heterocycles. The summed E-state index contributed by atoms with van der Waals surface area (Å²) in [6, 6.07) is 13.3. The van der Waals surface area contributed by atoms with E-state index in [0.717, 1.165) is 50.5 Å². The first-order valence-electron chi connectivity index (χ1n) is 13.7. The maximum Gasteiger partial charge on any atom is 0.339 e. The van der Waals surface area contributed by atoms with Crippen LogP contribution in [0.2, 0.25) is 5.02 Å². The number of benzene rings is 2. The fraction of sp³-hybridized carbons (Fsp3) is 0.367. The molecule has 0 amide bonds. The monoisotopic (exact) mass is 580 g/mol. The molecule has 11 heteroatoms. The number of rotatable bonds is 9. The number of pyridine rings is 1. The van der Waals surface area contributed by atoms with Crippen molar-refractivity contribution in [3.8, 4) is 11.6 Å². The summed E-state index contributed by atoms with van der Waals surface area (Å²) in [7, 11) is 0. The summed E-state index contributed by atoms with van der Waals surface area (Å²) < 4.78 is 27.6. The number of likely N-dealkylation sites (tertiary alicyclic amines) is 1. The van der Waals surface area contributed by atoms with Crippen LogP contribution in [0, 0.1) is 5.82 Å². The smallest absolute Gasteiger partial charge is 0.339 e. The Labute approximate surface area is 241 Å². The number of ether oxygens (including phenoxy) is 2. The quantitative estimate of drug-likeness (QED) is 0.272. The third kappa shape index (κ3) is 5.86.